The van der Waals surface area contributed by atoms with Crippen molar-refractivity contribution in [3.05, 3.63) is 60.2 Å². The number of hydrogen-bond donors (Lipinski definition) is 1. The van der Waals surface area contributed by atoms with E-state index in [1.165, 1.54) is 0 Å². The second kappa shape index (κ2) is 6.23. The predicted molar refractivity (Wildman–Crippen MR) is 82.5 cm³/mol. The highest BCUT2D eigenvalue weighted by Gasteiger charge is 2.32. The molecule has 0 fully saturated rings. The molecule has 0 aliphatic carbocycles. The smallest absolute Gasteiger partial charge is 0.324 e. The normalized spacial score (nSPS) is 11.3. The molecule has 0 spiro atoms. The molecule has 0 aliphatic rings. The number of benzene rings is 1. The summed E-state index contributed by atoms with van der Waals surface area (Å²) in [6, 6.07) is 9.55. The molecule has 0 amide bonds. The molecule has 2 aromatic heterocycles. The van der Waals surface area contributed by atoms with Gasteiger partial charge >= 0.3 is 6.18 Å². The van der Waals surface area contributed by atoms with E-state index in [0.717, 1.165) is 23.5 Å². The zero-order chi connectivity index (χ0) is 17.2. The molecule has 0 unspecified atom stereocenters. The van der Waals surface area contributed by atoms with Gasteiger partial charge in [0.15, 0.2) is 5.82 Å². The summed E-state index contributed by atoms with van der Waals surface area (Å²) in [5.74, 6) is 0.459. The summed E-state index contributed by atoms with van der Waals surface area (Å²) in [5.41, 5.74) is 1.21. The first-order valence-corrected chi connectivity index (χ1v) is 6.99. The second-order valence-electron chi connectivity index (χ2n) is 4.99. The van der Waals surface area contributed by atoms with Crippen molar-refractivity contribution in [3.8, 4) is 11.4 Å². The molecule has 8 heteroatoms. The molecule has 1 aromatic carbocycles. The van der Waals surface area contributed by atoms with Crippen LogP contribution in [0.4, 0.5) is 24.8 Å². The van der Waals surface area contributed by atoms with Crippen LogP contribution in [-0.2, 0) is 6.18 Å². The van der Waals surface area contributed by atoms with Crippen LogP contribution in [-0.4, -0.2) is 19.9 Å². The number of alkyl halides is 3. The Bertz CT molecular complexity index is 847. The SMILES string of the molecule is Cc1ccnc(-c2ccc(Nc3nccc(C(F)(F)F)n3)cc2)n1. The highest BCUT2D eigenvalue weighted by atomic mass is 19.4. The fourth-order valence-electron chi connectivity index (χ4n) is 2.00. The lowest BCUT2D eigenvalue weighted by molar-refractivity contribution is -0.141. The summed E-state index contributed by atoms with van der Waals surface area (Å²) in [6.07, 6.45) is -1.78. The van der Waals surface area contributed by atoms with Crippen LogP contribution in [0.5, 0.6) is 0 Å². The van der Waals surface area contributed by atoms with Gasteiger partial charge in [0.1, 0.15) is 5.69 Å². The van der Waals surface area contributed by atoms with Crippen LogP contribution < -0.4 is 5.32 Å². The van der Waals surface area contributed by atoms with Crippen LogP contribution in [0, 0.1) is 6.92 Å². The standard InChI is InChI=1S/C16H12F3N5/c1-10-6-8-20-14(22-10)11-2-4-12(5-3-11)23-15-21-9-7-13(24-15)16(17,18)19/h2-9H,1H3,(H,21,23,24). The van der Waals surface area contributed by atoms with Crippen molar-refractivity contribution < 1.29 is 13.2 Å². The lowest BCUT2D eigenvalue weighted by Gasteiger charge is -2.09. The largest absolute Gasteiger partial charge is 0.433 e. The maximum atomic E-state index is 12.6. The van der Waals surface area contributed by atoms with Crippen LogP contribution in [0.1, 0.15) is 11.4 Å². The van der Waals surface area contributed by atoms with Crippen molar-refractivity contribution in [1.29, 1.82) is 0 Å². The van der Waals surface area contributed by atoms with Gasteiger partial charge in [0, 0.05) is 29.3 Å². The van der Waals surface area contributed by atoms with Crippen LogP contribution in [0.2, 0.25) is 0 Å². The second-order valence-corrected chi connectivity index (χ2v) is 4.99. The van der Waals surface area contributed by atoms with Gasteiger partial charge in [-0.25, -0.2) is 19.9 Å². The number of nitrogens with one attached hydrogen (secondary N) is 1. The monoisotopic (exact) mass is 331 g/mol. The number of aryl methyl sites for hydroxylation is 1. The average Bonchev–Trinajstić information content (AvgIpc) is 2.55. The van der Waals surface area contributed by atoms with Gasteiger partial charge in [0.2, 0.25) is 5.95 Å². The number of aromatic nitrogens is 4. The van der Waals surface area contributed by atoms with Gasteiger partial charge in [-0.1, -0.05) is 0 Å². The summed E-state index contributed by atoms with van der Waals surface area (Å²) in [7, 11) is 0. The summed E-state index contributed by atoms with van der Waals surface area (Å²) >= 11 is 0. The third kappa shape index (κ3) is 3.65. The van der Waals surface area contributed by atoms with Crippen molar-refractivity contribution in [1.82, 2.24) is 19.9 Å². The number of hydrogen-bond acceptors (Lipinski definition) is 5. The first-order valence-electron chi connectivity index (χ1n) is 6.99. The molecule has 3 aromatic rings. The van der Waals surface area contributed by atoms with Crippen LogP contribution in [0.25, 0.3) is 11.4 Å². The zero-order valence-electron chi connectivity index (χ0n) is 12.5. The Morgan fingerprint density at radius 2 is 1.58 bits per heavy atom. The maximum Gasteiger partial charge on any atom is 0.433 e. The molecule has 0 radical (unpaired) electrons. The first-order chi connectivity index (χ1) is 11.4. The molecule has 2 heterocycles. The Balaban J connectivity index is 1.80. The Labute approximate surface area is 135 Å². The number of rotatable bonds is 3. The fourth-order valence-corrected chi connectivity index (χ4v) is 2.00. The molecule has 5 nitrogen and oxygen atoms in total. The van der Waals surface area contributed by atoms with Gasteiger partial charge in [0.05, 0.1) is 0 Å². The van der Waals surface area contributed by atoms with E-state index in [0.29, 0.717) is 11.5 Å². The van der Waals surface area contributed by atoms with E-state index in [1.54, 1.807) is 36.5 Å². The fraction of sp³-hybridized carbons (Fsp3) is 0.125. The Kier molecular flexibility index (Phi) is 4.11. The highest BCUT2D eigenvalue weighted by molar-refractivity contribution is 5.62. The topological polar surface area (TPSA) is 63.6 Å². The maximum absolute atomic E-state index is 12.6. The van der Waals surface area contributed by atoms with Gasteiger partial charge in [0.25, 0.3) is 0 Å². The van der Waals surface area contributed by atoms with E-state index in [4.69, 9.17) is 0 Å². The van der Waals surface area contributed by atoms with Crippen LogP contribution in [0.15, 0.2) is 48.8 Å². The van der Waals surface area contributed by atoms with E-state index in [9.17, 15) is 13.2 Å². The summed E-state index contributed by atoms with van der Waals surface area (Å²) < 4.78 is 37.9. The van der Waals surface area contributed by atoms with Crippen molar-refractivity contribution in [2.45, 2.75) is 13.1 Å². The van der Waals surface area contributed by atoms with Gasteiger partial charge < -0.3 is 5.32 Å². The molecule has 122 valence electrons. The molecule has 0 bridgehead atoms. The van der Waals surface area contributed by atoms with Gasteiger partial charge in [-0.3, -0.25) is 0 Å². The minimum Gasteiger partial charge on any atom is -0.324 e. The third-order valence-corrected chi connectivity index (χ3v) is 3.14. The Morgan fingerprint density at radius 1 is 0.875 bits per heavy atom. The first kappa shape index (κ1) is 15.9. The number of nitrogens with zero attached hydrogens (tertiary/aromatic N) is 4. The molecule has 3 rings (SSSR count). The van der Waals surface area contributed by atoms with Gasteiger partial charge in [-0.05, 0) is 43.3 Å². The summed E-state index contributed by atoms with van der Waals surface area (Å²) in [5, 5.41) is 2.74. The van der Waals surface area contributed by atoms with Crippen molar-refractivity contribution in [3.63, 3.8) is 0 Å². The van der Waals surface area contributed by atoms with Gasteiger partial charge in [-0.15, -0.1) is 0 Å². The zero-order valence-corrected chi connectivity index (χ0v) is 12.5. The molecular weight excluding hydrogens is 319 g/mol. The van der Waals surface area contributed by atoms with Crippen molar-refractivity contribution >= 4 is 11.6 Å². The van der Waals surface area contributed by atoms with Gasteiger partial charge in [-0.2, -0.15) is 13.2 Å². The van der Waals surface area contributed by atoms with E-state index >= 15 is 0 Å². The van der Waals surface area contributed by atoms with E-state index < -0.39 is 11.9 Å². The van der Waals surface area contributed by atoms with Crippen molar-refractivity contribution in [2.24, 2.45) is 0 Å². The molecule has 0 saturated heterocycles. The summed E-state index contributed by atoms with van der Waals surface area (Å²) in [4.78, 5) is 15.7. The van der Waals surface area contributed by atoms with E-state index in [2.05, 4.69) is 25.3 Å². The minimum atomic E-state index is -4.51. The Morgan fingerprint density at radius 3 is 2.25 bits per heavy atom. The highest BCUT2D eigenvalue weighted by Crippen LogP contribution is 2.28. The van der Waals surface area contributed by atoms with Crippen LogP contribution in [0.3, 0.4) is 0 Å². The number of halogens is 3. The molecule has 24 heavy (non-hydrogen) atoms. The quantitative estimate of drug-likeness (QED) is 0.786. The molecule has 0 atom stereocenters. The van der Waals surface area contributed by atoms with E-state index in [1.807, 2.05) is 6.92 Å². The average molecular weight is 331 g/mol. The molecule has 1 N–H and O–H groups in total. The predicted octanol–water partition coefficient (Wildman–Crippen LogP) is 4.00. The number of anilines is 2. The van der Waals surface area contributed by atoms with Crippen LogP contribution >= 0.6 is 0 Å². The third-order valence-electron chi connectivity index (χ3n) is 3.14. The Hall–Kier alpha value is -3.03. The molecule has 0 aliphatic heterocycles. The minimum absolute atomic E-state index is 0.121. The molecular formula is C16H12F3N5. The van der Waals surface area contributed by atoms with E-state index in [-0.39, 0.29) is 5.95 Å². The lowest BCUT2D eigenvalue weighted by atomic mass is 10.2. The van der Waals surface area contributed by atoms with Crippen molar-refractivity contribution in [2.75, 3.05) is 5.32 Å². The summed E-state index contributed by atoms with van der Waals surface area (Å²) in [6.45, 7) is 1.87. The lowest BCUT2D eigenvalue weighted by Crippen LogP contribution is -2.10. The molecule has 0 saturated carbocycles.